The van der Waals surface area contributed by atoms with Gasteiger partial charge in [0.15, 0.2) is 0 Å². The summed E-state index contributed by atoms with van der Waals surface area (Å²) in [6.45, 7) is 15.2. The zero-order chi connectivity index (χ0) is 21.2. The van der Waals surface area contributed by atoms with E-state index >= 15 is 0 Å². The van der Waals surface area contributed by atoms with Gasteiger partial charge in [-0.25, -0.2) is 18.5 Å². The van der Waals surface area contributed by atoms with E-state index < -0.39 is 9.84 Å². The van der Waals surface area contributed by atoms with Crippen molar-refractivity contribution in [3.8, 4) is 6.07 Å². The topological polar surface area (TPSA) is 65.5 Å². The second-order valence-electron chi connectivity index (χ2n) is 6.67. The van der Waals surface area contributed by atoms with Crippen molar-refractivity contribution in [3.63, 3.8) is 0 Å². The Kier molecular flexibility index (Phi) is 5.59. The number of hydrogen-bond acceptors (Lipinski definition) is 4. The van der Waals surface area contributed by atoms with Gasteiger partial charge in [-0.05, 0) is 61.7 Å². The van der Waals surface area contributed by atoms with Gasteiger partial charge < -0.3 is 4.90 Å². The lowest BCUT2D eigenvalue weighted by atomic mass is 10.0. The number of rotatable bonds is 4. The van der Waals surface area contributed by atoms with Crippen molar-refractivity contribution < 1.29 is 8.42 Å². The number of aryl methyl sites for hydroxylation is 1. The smallest absolute Gasteiger partial charge is 0.270 e. The molecule has 0 aromatic heterocycles. The summed E-state index contributed by atoms with van der Waals surface area (Å²) in [5.41, 5.74) is 3.11. The van der Waals surface area contributed by atoms with E-state index in [1.54, 1.807) is 24.3 Å². The Labute approximate surface area is 171 Å². The Balaban J connectivity index is 2.25. The lowest BCUT2D eigenvalue weighted by Crippen LogP contribution is -2.21. The van der Waals surface area contributed by atoms with E-state index in [1.807, 2.05) is 31.2 Å². The first-order valence-corrected chi connectivity index (χ1v) is 10.8. The number of fused-ring (bicyclic) bond motifs is 1. The van der Waals surface area contributed by atoms with Crippen molar-refractivity contribution in [2.45, 2.75) is 25.7 Å². The first kappa shape index (κ1) is 20.4. The highest BCUT2D eigenvalue weighted by Crippen LogP contribution is 2.45. The number of allylic oxidation sites excluding steroid dienone is 2. The van der Waals surface area contributed by atoms with Gasteiger partial charge in [0.05, 0.1) is 22.4 Å². The molecule has 2 aromatic carbocycles. The Morgan fingerprint density at radius 3 is 2.48 bits per heavy atom. The molecule has 0 saturated carbocycles. The van der Waals surface area contributed by atoms with Crippen LogP contribution in [0.25, 0.3) is 16.5 Å². The minimum Gasteiger partial charge on any atom is -0.372 e. The molecule has 0 radical (unpaired) electrons. The van der Waals surface area contributed by atoms with E-state index in [9.17, 15) is 13.7 Å². The van der Waals surface area contributed by atoms with E-state index in [2.05, 4.69) is 23.6 Å². The second-order valence-corrected chi connectivity index (χ2v) is 8.56. The van der Waals surface area contributed by atoms with Crippen molar-refractivity contribution in [1.29, 1.82) is 5.26 Å². The molecule has 146 valence electrons. The maximum Gasteiger partial charge on any atom is 0.270 e. The Morgan fingerprint density at radius 1 is 1.21 bits per heavy atom. The van der Waals surface area contributed by atoms with Crippen molar-refractivity contribution in [2.24, 2.45) is 0 Å². The zero-order valence-corrected chi connectivity index (χ0v) is 17.4. The molecule has 0 saturated heterocycles. The first-order valence-electron chi connectivity index (χ1n) is 9.33. The average molecular weight is 404 g/mol. The van der Waals surface area contributed by atoms with Crippen molar-refractivity contribution in [2.75, 3.05) is 18.0 Å². The Hall–Kier alpha value is -3.35. The maximum absolute atomic E-state index is 13.2. The van der Waals surface area contributed by atoms with Gasteiger partial charge in [-0.3, -0.25) is 0 Å². The lowest BCUT2D eigenvalue weighted by molar-refractivity contribution is 0.604. The maximum atomic E-state index is 13.2. The molecule has 29 heavy (non-hydrogen) atoms. The molecule has 0 N–H and O–H groups in total. The largest absolute Gasteiger partial charge is 0.372 e. The summed E-state index contributed by atoms with van der Waals surface area (Å²) in [7, 11) is -3.81. The molecule has 0 aliphatic carbocycles. The van der Waals surface area contributed by atoms with Gasteiger partial charge in [0.25, 0.3) is 5.70 Å². The van der Waals surface area contributed by atoms with Gasteiger partial charge >= 0.3 is 0 Å². The molecule has 6 heteroatoms. The molecular weight excluding hydrogens is 382 g/mol. The summed E-state index contributed by atoms with van der Waals surface area (Å²) in [5, 5.41) is 9.42. The van der Waals surface area contributed by atoms with Gasteiger partial charge in [-0.15, -0.1) is 0 Å². The molecule has 3 rings (SSSR count). The second kappa shape index (κ2) is 7.95. The summed E-state index contributed by atoms with van der Waals surface area (Å²) >= 11 is 0. The number of anilines is 1. The molecule has 0 bridgehead atoms. The molecule has 1 aliphatic rings. The van der Waals surface area contributed by atoms with E-state index in [1.165, 1.54) is 6.07 Å². The minimum atomic E-state index is -3.81. The molecule has 0 unspecified atom stereocenters. The normalized spacial score (nSPS) is 17.3. The highest BCUT2D eigenvalue weighted by molar-refractivity contribution is 7.96. The standard InChI is InChI=1S/C23H21N3O2S/c1-5-26(6-2)18-12-11-17(16(3)13-18)14-22-23(20(15-24)25-4)19-9-7-8-10-21(19)29(22,27)28/h7-14H,5-6H2,1-3H3/b22-14?,23-20+. The minimum absolute atomic E-state index is 0.00457. The monoisotopic (exact) mass is 403 g/mol. The van der Waals surface area contributed by atoms with Crippen LogP contribution in [0.15, 0.2) is 58.0 Å². The van der Waals surface area contributed by atoms with Gasteiger partial charge in [0, 0.05) is 24.4 Å². The van der Waals surface area contributed by atoms with Crippen LogP contribution in [0.1, 0.15) is 30.5 Å². The fraction of sp³-hybridized carbons (Fsp3) is 0.217. The number of sulfone groups is 1. The molecule has 1 aliphatic heterocycles. The molecule has 0 atom stereocenters. The van der Waals surface area contributed by atoms with Gasteiger partial charge in [-0.2, -0.15) is 0 Å². The summed E-state index contributed by atoms with van der Waals surface area (Å²) in [6, 6.07) is 14.2. The SMILES string of the molecule is [C-]#[N+]/C(C#N)=C1/C(=Cc2ccc(N(CC)CC)cc2C)S(=O)(=O)c2ccccc21. The van der Waals surface area contributed by atoms with E-state index in [0.717, 1.165) is 29.9 Å². The third-order valence-corrected chi connectivity index (χ3v) is 6.94. The summed E-state index contributed by atoms with van der Waals surface area (Å²) in [5.74, 6) is 0. The Bertz CT molecular complexity index is 1210. The fourth-order valence-corrected chi connectivity index (χ4v) is 5.28. The van der Waals surface area contributed by atoms with Crippen molar-refractivity contribution in [3.05, 3.63) is 81.2 Å². The van der Waals surface area contributed by atoms with Crippen molar-refractivity contribution in [1.82, 2.24) is 0 Å². The fourth-order valence-electron chi connectivity index (χ4n) is 3.57. The summed E-state index contributed by atoms with van der Waals surface area (Å²) in [4.78, 5) is 5.63. The predicted octanol–water partition coefficient (Wildman–Crippen LogP) is 4.82. The number of hydrogen-bond donors (Lipinski definition) is 0. The number of benzene rings is 2. The number of nitrogens with zero attached hydrogens (tertiary/aromatic N) is 3. The predicted molar refractivity (Wildman–Crippen MR) is 115 cm³/mol. The van der Waals surface area contributed by atoms with Crippen LogP contribution in [0.4, 0.5) is 5.69 Å². The first-order chi connectivity index (χ1) is 13.9. The zero-order valence-electron chi connectivity index (χ0n) is 16.6. The van der Waals surface area contributed by atoms with Crippen LogP contribution < -0.4 is 4.90 Å². The molecule has 2 aromatic rings. The van der Waals surface area contributed by atoms with Crippen LogP contribution >= 0.6 is 0 Å². The summed E-state index contributed by atoms with van der Waals surface area (Å²) < 4.78 is 26.4. The van der Waals surface area contributed by atoms with Crippen LogP contribution in [-0.2, 0) is 9.84 Å². The number of nitriles is 1. The highest BCUT2D eigenvalue weighted by Gasteiger charge is 2.37. The van der Waals surface area contributed by atoms with Gasteiger partial charge in [0.2, 0.25) is 9.84 Å². The van der Waals surface area contributed by atoms with Crippen LogP contribution in [0.5, 0.6) is 0 Å². The van der Waals surface area contributed by atoms with E-state index in [-0.39, 0.29) is 21.1 Å². The quantitative estimate of drug-likeness (QED) is 0.542. The van der Waals surface area contributed by atoms with Crippen LogP contribution in [0.2, 0.25) is 0 Å². The molecule has 0 fully saturated rings. The van der Waals surface area contributed by atoms with E-state index in [0.29, 0.717) is 5.56 Å². The average Bonchev–Trinajstić information content (AvgIpc) is 2.93. The van der Waals surface area contributed by atoms with Crippen LogP contribution in [0, 0.1) is 24.8 Å². The third kappa shape index (κ3) is 3.44. The van der Waals surface area contributed by atoms with Gasteiger partial charge in [-0.1, -0.05) is 24.3 Å². The highest BCUT2D eigenvalue weighted by atomic mass is 32.2. The van der Waals surface area contributed by atoms with Crippen LogP contribution in [-0.4, -0.2) is 21.5 Å². The summed E-state index contributed by atoms with van der Waals surface area (Å²) in [6.07, 6.45) is 1.58. The molecule has 1 heterocycles. The molecule has 5 nitrogen and oxygen atoms in total. The molecule has 0 amide bonds. The Morgan fingerprint density at radius 2 is 1.90 bits per heavy atom. The van der Waals surface area contributed by atoms with E-state index in [4.69, 9.17) is 6.57 Å². The molecule has 0 spiro atoms. The van der Waals surface area contributed by atoms with Crippen molar-refractivity contribution >= 4 is 27.2 Å². The third-order valence-electron chi connectivity index (χ3n) is 5.10. The lowest BCUT2D eigenvalue weighted by Gasteiger charge is -2.22. The van der Waals surface area contributed by atoms with Crippen LogP contribution in [0.3, 0.4) is 0 Å². The molecular formula is C23H21N3O2S. The van der Waals surface area contributed by atoms with Gasteiger partial charge in [0.1, 0.15) is 0 Å².